The maximum Gasteiger partial charge on any atom is 0.193 e. The van der Waals surface area contributed by atoms with Crippen molar-refractivity contribution in [1.82, 2.24) is 0 Å². The van der Waals surface area contributed by atoms with Crippen molar-refractivity contribution in [1.29, 1.82) is 0 Å². The Morgan fingerprint density at radius 2 is 1.89 bits per heavy atom. The van der Waals surface area contributed by atoms with Gasteiger partial charge in [0.2, 0.25) is 0 Å². The molecule has 4 heteroatoms. The fraction of sp³-hybridized carbons (Fsp3) is 0.435. The minimum absolute atomic E-state index is 0.111. The third-order valence-electron chi connectivity index (χ3n) is 6.14. The van der Waals surface area contributed by atoms with Crippen LogP contribution in [0.15, 0.2) is 53.2 Å². The van der Waals surface area contributed by atoms with E-state index in [2.05, 4.69) is 77.2 Å². The van der Waals surface area contributed by atoms with Crippen molar-refractivity contribution < 1.29 is 4.43 Å². The number of aliphatic imine (C=N–C) groups is 1. The summed E-state index contributed by atoms with van der Waals surface area (Å²) >= 11 is 0. The summed E-state index contributed by atoms with van der Waals surface area (Å²) in [4.78, 5) is 4.75. The predicted molar refractivity (Wildman–Crippen MR) is 120 cm³/mol. The van der Waals surface area contributed by atoms with Crippen LogP contribution < -0.4 is 5.73 Å². The van der Waals surface area contributed by atoms with Crippen LogP contribution in [-0.4, -0.2) is 14.5 Å². The van der Waals surface area contributed by atoms with Crippen molar-refractivity contribution in [3.05, 3.63) is 53.7 Å². The lowest BCUT2D eigenvalue weighted by Gasteiger charge is -2.46. The van der Waals surface area contributed by atoms with Crippen LogP contribution in [0.2, 0.25) is 18.1 Å². The number of benzene rings is 2. The third-order valence-corrected chi connectivity index (χ3v) is 10.6. The number of rotatable bonds is 5. The monoisotopic (exact) mass is 380 g/mol. The summed E-state index contributed by atoms with van der Waals surface area (Å²) in [5.41, 5.74) is 8.58. The van der Waals surface area contributed by atoms with Gasteiger partial charge in [-0.2, -0.15) is 0 Å². The number of nitrogens with zero attached hydrogens (tertiary/aromatic N) is 1. The van der Waals surface area contributed by atoms with E-state index in [0.29, 0.717) is 0 Å². The molecule has 1 unspecified atom stereocenters. The lowest BCUT2D eigenvalue weighted by atomic mass is 9.84. The van der Waals surface area contributed by atoms with Crippen LogP contribution in [0.1, 0.15) is 46.1 Å². The molecule has 3 nitrogen and oxygen atoms in total. The SMILES string of the molecule is CCC(O[Si](C)(C)C(C)(C)C)(C1=CCC=N1)c1cccc2ccc(N)cc12. The molecular weight excluding hydrogens is 348 g/mol. The largest absolute Gasteiger partial charge is 0.402 e. The van der Waals surface area contributed by atoms with Crippen LogP contribution >= 0.6 is 0 Å². The Morgan fingerprint density at radius 3 is 2.48 bits per heavy atom. The van der Waals surface area contributed by atoms with Gasteiger partial charge >= 0.3 is 0 Å². The molecule has 2 aromatic carbocycles. The molecule has 1 aliphatic rings. The van der Waals surface area contributed by atoms with E-state index in [1.54, 1.807) is 0 Å². The highest BCUT2D eigenvalue weighted by molar-refractivity contribution is 6.74. The number of hydrogen-bond acceptors (Lipinski definition) is 3. The van der Waals surface area contributed by atoms with Gasteiger partial charge in [-0.25, -0.2) is 0 Å². The minimum atomic E-state index is -2.06. The molecule has 0 aliphatic carbocycles. The zero-order valence-electron chi connectivity index (χ0n) is 17.5. The molecule has 0 bridgehead atoms. The first-order chi connectivity index (χ1) is 12.6. The van der Waals surface area contributed by atoms with Crippen LogP contribution in [0, 0.1) is 0 Å². The van der Waals surface area contributed by atoms with Gasteiger partial charge in [-0.3, -0.25) is 4.99 Å². The Kier molecular flexibility index (Phi) is 5.08. The lowest BCUT2D eigenvalue weighted by molar-refractivity contribution is 0.0841. The van der Waals surface area contributed by atoms with Crippen LogP contribution in [0.5, 0.6) is 0 Å². The fourth-order valence-corrected chi connectivity index (χ4v) is 5.09. The summed E-state index contributed by atoms with van der Waals surface area (Å²) in [5.74, 6) is 0. The normalized spacial score (nSPS) is 17.2. The summed E-state index contributed by atoms with van der Waals surface area (Å²) in [6, 6.07) is 12.6. The number of anilines is 1. The quantitative estimate of drug-likeness (QED) is 0.481. The standard InChI is InChI=1S/C23H32N2OSi/c1-7-23(21-12-9-15-25-21,26-27(5,6)22(2,3)4)20-11-8-10-17-13-14-18(24)16-19(17)20/h8,10-16H,7,9,24H2,1-6H3. The molecule has 144 valence electrons. The summed E-state index contributed by atoms with van der Waals surface area (Å²) in [7, 11) is -2.06. The van der Waals surface area contributed by atoms with Crippen molar-refractivity contribution in [2.24, 2.45) is 4.99 Å². The maximum atomic E-state index is 7.17. The van der Waals surface area contributed by atoms with Gasteiger partial charge in [-0.05, 0) is 53.0 Å². The number of hydrogen-bond donors (Lipinski definition) is 1. The average molecular weight is 381 g/mol. The molecular formula is C23H32N2OSi. The van der Waals surface area contributed by atoms with Gasteiger partial charge in [0.1, 0.15) is 5.60 Å². The van der Waals surface area contributed by atoms with E-state index in [1.165, 1.54) is 10.9 Å². The molecule has 2 aromatic rings. The summed E-state index contributed by atoms with van der Waals surface area (Å²) in [5, 5.41) is 2.45. The van der Waals surface area contributed by atoms with Gasteiger partial charge in [-0.1, -0.05) is 58.0 Å². The highest BCUT2D eigenvalue weighted by atomic mass is 28.4. The Labute approximate surface area is 164 Å². The van der Waals surface area contributed by atoms with E-state index in [-0.39, 0.29) is 5.04 Å². The predicted octanol–water partition coefficient (Wildman–Crippen LogP) is 6.41. The first kappa shape index (κ1) is 19.8. The Hall–Kier alpha value is -1.91. The molecule has 0 amide bonds. The van der Waals surface area contributed by atoms with E-state index in [1.807, 2.05) is 12.3 Å². The first-order valence-electron chi connectivity index (χ1n) is 9.83. The van der Waals surface area contributed by atoms with Gasteiger partial charge in [0.25, 0.3) is 0 Å². The zero-order chi connectivity index (χ0) is 19.9. The molecule has 1 aliphatic heterocycles. The number of nitrogens with two attached hydrogens (primary N) is 1. The third kappa shape index (κ3) is 3.48. The summed E-state index contributed by atoms with van der Waals surface area (Å²) < 4.78 is 7.17. The van der Waals surface area contributed by atoms with Crippen LogP contribution in [0.3, 0.4) is 0 Å². The van der Waals surface area contributed by atoms with Crippen molar-refractivity contribution in [3.8, 4) is 0 Å². The molecule has 0 fully saturated rings. The molecule has 2 N–H and O–H groups in total. The molecule has 0 saturated carbocycles. The zero-order valence-corrected chi connectivity index (χ0v) is 18.5. The second-order valence-electron chi connectivity index (χ2n) is 8.97. The molecule has 27 heavy (non-hydrogen) atoms. The van der Waals surface area contributed by atoms with Crippen molar-refractivity contribution in [3.63, 3.8) is 0 Å². The highest BCUT2D eigenvalue weighted by Crippen LogP contribution is 2.48. The van der Waals surface area contributed by atoms with Crippen molar-refractivity contribution >= 4 is 31.0 Å². The Balaban J connectivity index is 2.29. The van der Waals surface area contributed by atoms with Crippen LogP contribution in [0.4, 0.5) is 5.69 Å². The summed E-state index contributed by atoms with van der Waals surface area (Å²) in [6.45, 7) is 13.7. The molecule has 0 radical (unpaired) electrons. The van der Waals surface area contributed by atoms with Gasteiger partial charge in [0.15, 0.2) is 8.32 Å². The van der Waals surface area contributed by atoms with Gasteiger partial charge in [0.05, 0.1) is 5.70 Å². The minimum Gasteiger partial charge on any atom is -0.402 e. The van der Waals surface area contributed by atoms with E-state index in [0.717, 1.165) is 29.6 Å². The first-order valence-corrected chi connectivity index (χ1v) is 12.7. The van der Waals surface area contributed by atoms with Crippen LogP contribution in [-0.2, 0) is 10.0 Å². The van der Waals surface area contributed by atoms with Gasteiger partial charge in [0, 0.05) is 18.3 Å². The molecule has 3 rings (SSSR count). The second kappa shape index (κ2) is 6.92. The van der Waals surface area contributed by atoms with Crippen LogP contribution in [0.25, 0.3) is 10.8 Å². The number of fused-ring (bicyclic) bond motifs is 1. The fourth-order valence-electron chi connectivity index (χ4n) is 3.56. The Morgan fingerprint density at radius 1 is 1.15 bits per heavy atom. The second-order valence-corrected chi connectivity index (χ2v) is 13.7. The molecule has 0 saturated heterocycles. The maximum absolute atomic E-state index is 7.17. The van der Waals surface area contributed by atoms with Gasteiger partial charge in [-0.15, -0.1) is 0 Å². The Bertz CT molecular complexity index is 908. The number of allylic oxidation sites excluding steroid dienone is 1. The van der Waals surface area contributed by atoms with Gasteiger partial charge < -0.3 is 10.2 Å². The molecule has 1 atom stereocenters. The summed E-state index contributed by atoms with van der Waals surface area (Å²) in [6.07, 6.45) is 5.89. The van der Waals surface area contributed by atoms with E-state index < -0.39 is 13.9 Å². The topological polar surface area (TPSA) is 47.6 Å². The van der Waals surface area contributed by atoms with Crippen molar-refractivity contribution in [2.45, 2.75) is 64.3 Å². The molecule has 1 heterocycles. The van der Waals surface area contributed by atoms with E-state index >= 15 is 0 Å². The molecule has 0 aromatic heterocycles. The number of nitrogen functional groups attached to an aromatic ring is 1. The highest BCUT2D eigenvalue weighted by Gasteiger charge is 2.47. The smallest absolute Gasteiger partial charge is 0.193 e. The van der Waals surface area contributed by atoms with Crippen molar-refractivity contribution in [2.75, 3.05) is 5.73 Å². The average Bonchev–Trinajstić information content (AvgIpc) is 3.13. The lowest BCUT2D eigenvalue weighted by Crippen LogP contribution is -2.49. The van der Waals surface area contributed by atoms with E-state index in [9.17, 15) is 0 Å². The van der Waals surface area contributed by atoms with E-state index in [4.69, 9.17) is 15.2 Å². The molecule has 0 spiro atoms.